The fourth-order valence-corrected chi connectivity index (χ4v) is 2.63. The van der Waals surface area contributed by atoms with Gasteiger partial charge in [-0.1, -0.05) is 11.6 Å². The first-order valence-corrected chi connectivity index (χ1v) is 6.93. The number of nitrogens with one attached hydrogen (secondary N) is 1. The van der Waals surface area contributed by atoms with Crippen molar-refractivity contribution in [3.05, 3.63) is 47.5 Å². The first-order valence-electron chi connectivity index (χ1n) is 5.07. The van der Waals surface area contributed by atoms with Gasteiger partial charge in [-0.25, -0.2) is 12.8 Å². The number of nitrogen functional groups attached to an aromatic ring is 1. The summed E-state index contributed by atoms with van der Waals surface area (Å²) in [7, 11) is -3.92. The molecule has 0 aliphatic rings. The molecule has 0 saturated heterocycles. The van der Waals surface area contributed by atoms with Crippen LogP contribution in [-0.2, 0) is 10.0 Å². The molecule has 0 fully saturated rings. The summed E-state index contributed by atoms with van der Waals surface area (Å²) in [5.74, 6) is -0.721. The second kappa shape index (κ2) is 5.02. The highest BCUT2D eigenvalue weighted by atomic mass is 35.5. The lowest BCUT2D eigenvalue weighted by Gasteiger charge is -2.09. The molecule has 100 valence electrons. The lowest BCUT2D eigenvalue weighted by atomic mass is 10.3. The summed E-state index contributed by atoms with van der Waals surface area (Å²) in [5.41, 5.74) is 5.66. The second-order valence-corrected chi connectivity index (χ2v) is 5.71. The number of aromatic nitrogens is 1. The molecule has 0 bridgehead atoms. The standard InChI is InChI=1S/C11H9ClFN3O2S/c12-8-2-1-7(5-9(8)13)16-19(17,18)11-6-15-4-3-10(11)14/h1-6,16H,(H2,14,15). The molecule has 0 amide bonds. The Bertz CT molecular complexity index is 722. The number of sulfonamides is 1. The summed E-state index contributed by atoms with van der Waals surface area (Å²) in [6, 6.07) is 4.93. The molecule has 0 saturated carbocycles. The Balaban J connectivity index is 2.37. The third-order valence-electron chi connectivity index (χ3n) is 2.28. The SMILES string of the molecule is Nc1ccncc1S(=O)(=O)Nc1ccc(Cl)c(F)c1. The third-order valence-corrected chi connectivity index (χ3v) is 4.01. The maximum absolute atomic E-state index is 13.2. The predicted molar refractivity (Wildman–Crippen MR) is 70.9 cm³/mol. The van der Waals surface area contributed by atoms with E-state index in [-0.39, 0.29) is 21.3 Å². The summed E-state index contributed by atoms with van der Waals surface area (Å²) >= 11 is 5.51. The van der Waals surface area contributed by atoms with Crippen molar-refractivity contribution in [2.75, 3.05) is 10.5 Å². The van der Waals surface area contributed by atoms with Crippen molar-refractivity contribution >= 4 is 33.0 Å². The first-order chi connectivity index (χ1) is 8.90. The van der Waals surface area contributed by atoms with E-state index >= 15 is 0 Å². The van der Waals surface area contributed by atoms with Crippen LogP contribution in [0, 0.1) is 5.82 Å². The van der Waals surface area contributed by atoms with Crippen molar-refractivity contribution in [3.8, 4) is 0 Å². The van der Waals surface area contributed by atoms with Crippen LogP contribution in [0.3, 0.4) is 0 Å². The fourth-order valence-electron chi connectivity index (χ4n) is 1.39. The minimum atomic E-state index is -3.92. The van der Waals surface area contributed by atoms with Gasteiger partial charge in [-0.15, -0.1) is 0 Å². The number of halogens is 2. The topological polar surface area (TPSA) is 85.1 Å². The Morgan fingerprint density at radius 2 is 2.05 bits per heavy atom. The minimum absolute atomic E-state index is 0.0464. The van der Waals surface area contributed by atoms with Crippen LogP contribution < -0.4 is 10.5 Å². The Labute approximate surface area is 114 Å². The van der Waals surface area contributed by atoms with Crippen LogP contribution in [0.5, 0.6) is 0 Å². The molecule has 3 N–H and O–H groups in total. The fraction of sp³-hybridized carbons (Fsp3) is 0. The van der Waals surface area contributed by atoms with Gasteiger partial charge < -0.3 is 5.73 Å². The van der Waals surface area contributed by atoms with E-state index in [1.165, 1.54) is 24.4 Å². The van der Waals surface area contributed by atoms with E-state index in [2.05, 4.69) is 9.71 Å². The highest BCUT2D eigenvalue weighted by molar-refractivity contribution is 7.92. The molecule has 8 heteroatoms. The van der Waals surface area contributed by atoms with Crippen LogP contribution in [-0.4, -0.2) is 13.4 Å². The summed E-state index contributed by atoms with van der Waals surface area (Å²) in [6.45, 7) is 0. The monoisotopic (exact) mass is 301 g/mol. The molecule has 0 aliphatic carbocycles. The molecule has 2 rings (SSSR count). The number of hydrogen-bond acceptors (Lipinski definition) is 4. The molecular formula is C11H9ClFN3O2S. The van der Waals surface area contributed by atoms with Crippen molar-refractivity contribution < 1.29 is 12.8 Å². The normalized spacial score (nSPS) is 11.3. The molecular weight excluding hydrogens is 293 g/mol. The quantitative estimate of drug-likeness (QED) is 0.910. The zero-order valence-electron chi connectivity index (χ0n) is 9.47. The molecule has 19 heavy (non-hydrogen) atoms. The molecule has 0 spiro atoms. The van der Waals surface area contributed by atoms with Gasteiger partial charge in [0.05, 0.1) is 16.4 Å². The van der Waals surface area contributed by atoms with Gasteiger partial charge in [-0.3, -0.25) is 9.71 Å². The van der Waals surface area contributed by atoms with Crippen molar-refractivity contribution in [2.45, 2.75) is 4.90 Å². The van der Waals surface area contributed by atoms with Crippen LogP contribution in [0.25, 0.3) is 0 Å². The summed E-state index contributed by atoms with van der Waals surface area (Å²) in [5, 5.41) is -0.0937. The van der Waals surface area contributed by atoms with Crippen molar-refractivity contribution in [1.82, 2.24) is 4.98 Å². The molecule has 0 unspecified atom stereocenters. The van der Waals surface area contributed by atoms with E-state index < -0.39 is 15.8 Å². The molecule has 0 radical (unpaired) electrons. The number of pyridine rings is 1. The summed E-state index contributed by atoms with van der Waals surface area (Å²) < 4.78 is 39.5. The summed E-state index contributed by atoms with van der Waals surface area (Å²) in [4.78, 5) is 3.52. The van der Waals surface area contributed by atoms with E-state index in [9.17, 15) is 12.8 Å². The predicted octanol–water partition coefficient (Wildman–Crippen LogP) is 2.26. The van der Waals surface area contributed by atoms with Gasteiger partial charge in [-0.2, -0.15) is 0 Å². The van der Waals surface area contributed by atoms with Gasteiger partial charge in [0, 0.05) is 12.4 Å². The van der Waals surface area contributed by atoms with Crippen molar-refractivity contribution in [2.24, 2.45) is 0 Å². The van der Waals surface area contributed by atoms with E-state index in [1.807, 2.05) is 0 Å². The van der Waals surface area contributed by atoms with E-state index in [4.69, 9.17) is 17.3 Å². The van der Waals surface area contributed by atoms with E-state index in [0.29, 0.717) is 0 Å². The van der Waals surface area contributed by atoms with Crippen LogP contribution in [0.15, 0.2) is 41.6 Å². The third kappa shape index (κ3) is 2.94. The van der Waals surface area contributed by atoms with Gasteiger partial charge >= 0.3 is 0 Å². The Morgan fingerprint density at radius 3 is 2.68 bits per heavy atom. The summed E-state index contributed by atoms with van der Waals surface area (Å²) in [6.07, 6.45) is 2.49. The molecule has 0 atom stereocenters. The Hall–Kier alpha value is -1.86. The highest BCUT2D eigenvalue weighted by Crippen LogP contribution is 2.23. The molecule has 0 aliphatic heterocycles. The molecule has 2 aromatic rings. The van der Waals surface area contributed by atoms with E-state index in [0.717, 1.165) is 12.3 Å². The van der Waals surface area contributed by atoms with Crippen LogP contribution >= 0.6 is 11.6 Å². The molecule has 1 aromatic carbocycles. The zero-order chi connectivity index (χ0) is 14.0. The Morgan fingerprint density at radius 1 is 1.32 bits per heavy atom. The van der Waals surface area contributed by atoms with Gasteiger partial charge in [0.2, 0.25) is 0 Å². The number of hydrogen-bond donors (Lipinski definition) is 2. The van der Waals surface area contributed by atoms with Gasteiger partial charge in [0.15, 0.2) is 0 Å². The smallest absolute Gasteiger partial charge is 0.265 e. The zero-order valence-corrected chi connectivity index (χ0v) is 11.0. The van der Waals surface area contributed by atoms with Crippen LogP contribution in [0.4, 0.5) is 15.8 Å². The molecule has 1 aromatic heterocycles. The van der Waals surface area contributed by atoms with E-state index in [1.54, 1.807) is 0 Å². The minimum Gasteiger partial charge on any atom is -0.398 e. The van der Waals surface area contributed by atoms with Crippen LogP contribution in [0.1, 0.15) is 0 Å². The van der Waals surface area contributed by atoms with Crippen molar-refractivity contribution in [3.63, 3.8) is 0 Å². The maximum atomic E-state index is 13.2. The van der Waals surface area contributed by atoms with Crippen molar-refractivity contribution in [1.29, 1.82) is 0 Å². The number of benzene rings is 1. The van der Waals surface area contributed by atoms with Crippen LogP contribution in [0.2, 0.25) is 5.02 Å². The van der Waals surface area contributed by atoms with Gasteiger partial charge in [0.25, 0.3) is 10.0 Å². The number of rotatable bonds is 3. The lowest BCUT2D eigenvalue weighted by Crippen LogP contribution is -2.15. The average molecular weight is 302 g/mol. The maximum Gasteiger partial charge on any atom is 0.265 e. The number of nitrogens with zero attached hydrogens (tertiary/aromatic N) is 1. The number of nitrogens with two attached hydrogens (primary N) is 1. The molecule has 1 heterocycles. The van der Waals surface area contributed by atoms with Gasteiger partial charge in [-0.05, 0) is 24.3 Å². The molecule has 5 nitrogen and oxygen atoms in total. The largest absolute Gasteiger partial charge is 0.398 e. The van der Waals surface area contributed by atoms with Gasteiger partial charge in [0.1, 0.15) is 10.7 Å². The highest BCUT2D eigenvalue weighted by Gasteiger charge is 2.18. The average Bonchev–Trinajstić information content (AvgIpc) is 2.34. The second-order valence-electron chi connectivity index (χ2n) is 3.65. The Kier molecular flexibility index (Phi) is 3.59. The number of anilines is 2. The first kappa shape index (κ1) is 13.6. The lowest BCUT2D eigenvalue weighted by molar-refractivity contribution is 0.601.